The van der Waals surface area contributed by atoms with Gasteiger partial charge in [0.1, 0.15) is 0 Å². The molecule has 0 bridgehead atoms. The van der Waals surface area contributed by atoms with Gasteiger partial charge < -0.3 is 9.64 Å². The second-order valence-electron chi connectivity index (χ2n) is 4.84. The van der Waals surface area contributed by atoms with Crippen LogP contribution < -0.4 is 0 Å². The monoisotopic (exact) mass is 231 g/mol. The van der Waals surface area contributed by atoms with E-state index < -0.39 is 0 Å². The van der Waals surface area contributed by atoms with Crippen LogP contribution in [0.2, 0.25) is 0 Å². The Morgan fingerprint density at radius 2 is 2.12 bits per heavy atom. The molecule has 0 radical (unpaired) electrons. The normalized spacial score (nSPS) is 27.2. The second-order valence-corrected chi connectivity index (χ2v) is 4.84. The Bertz CT molecular complexity index is 400. The van der Waals surface area contributed by atoms with Gasteiger partial charge in [-0.25, -0.2) is 0 Å². The number of carbonyl (C=O) groups is 1. The summed E-state index contributed by atoms with van der Waals surface area (Å²) in [6, 6.07) is 10.8. The van der Waals surface area contributed by atoms with Crippen molar-refractivity contribution in [2.75, 3.05) is 13.2 Å². The van der Waals surface area contributed by atoms with Crippen LogP contribution in [0.3, 0.4) is 0 Å². The number of ether oxygens (including phenoxy) is 1. The molecule has 2 aliphatic heterocycles. The lowest BCUT2D eigenvalue weighted by Gasteiger charge is -2.24. The van der Waals surface area contributed by atoms with E-state index in [0.29, 0.717) is 12.6 Å². The summed E-state index contributed by atoms with van der Waals surface area (Å²) < 4.78 is 5.09. The average molecular weight is 231 g/mol. The zero-order chi connectivity index (χ0) is 11.7. The van der Waals surface area contributed by atoms with Crippen LogP contribution in [0.15, 0.2) is 30.3 Å². The first-order chi connectivity index (χ1) is 8.34. The van der Waals surface area contributed by atoms with Crippen LogP contribution in [0.4, 0.5) is 0 Å². The maximum absolute atomic E-state index is 12.0. The van der Waals surface area contributed by atoms with Gasteiger partial charge >= 0.3 is 0 Å². The molecule has 2 saturated heterocycles. The number of hydrogen-bond acceptors (Lipinski definition) is 2. The van der Waals surface area contributed by atoms with Gasteiger partial charge in [-0.3, -0.25) is 4.79 Å². The van der Waals surface area contributed by atoms with Crippen molar-refractivity contribution in [2.45, 2.75) is 31.4 Å². The number of amides is 1. The molecule has 0 spiro atoms. The molecule has 0 saturated carbocycles. The molecule has 2 atom stereocenters. The summed E-state index contributed by atoms with van der Waals surface area (Å²) in [5.74, 6) is 0.198. The summed E-state index contributed by atoms with van der Waals surface area (Å²) in [5.41, 5.74) is 1.31. The molecule has 0 N–H and O–H groups in total. The molecule has 2 unspecified atom stereocenters. The predicted octanol–water partition coefficient (Wildman–Crippen LogP) is 1.62. The number of rotatable bonds is 3. The number of epoxide rings is 1. The molecule has 3 heteroatoms. The Morgan fingerprint density at radius 3 is 2.82 bits per heavy atom. The van der Waals surface area contributed by atoms with Crippen LogP contribution in [0, 0.1) is 0 Å². The van der Waals surface area contributed by atoms with Gasteiger partial charge in [-0.05, 0) is 24.8 Å². The highest BCUT2D eigenvalue weighted by molar-refractivity contribution is 5.83. The number of carbonyl (C=O) groups excluding carboxylic acids is 1. The van der Waals surface area contributed by atoms with Crippen molar-refractivity contribution in [3.8, 4) is 0 Å². The van der Waals surface area contributed by atoms with Gasteiger partial charge in [0.15, 0.2) is 6.10 Å². The Labute approximate surface area is 101 Å². The Hall–Kier alpha value is -1.35. The molecule has 1 aromatic carbocycles. The van der Waals surface area contributed by atoms with Crippen LogP contribution in [0.1, 0.15) is 18.4 Å². The van der Waals surface area contributed by atoms with E-state index >= 15 is 0 Å². The summed E-state index contributed by atoms with van der Waals surface area (Å²) in [5, 5.41) is 0. The van der Waals surface area contributed by atoms with Crippen molar-refractivity contribution >= 4 is 5.91 Å². The lowest BCUT2D eigenvalue weighted by Crippen LogP contribution is -2.39. The fourth-order valence-corrected chi connectivity index (χ4v) is 2.60. The SMILES string of the molecule is O=C(C1CO1)N1CCCC1Cc1ccccc1. The number of nitrogens with zero attached hydrogens (tertiary/aromatic N) is 1. The summed E-state index contributed by atoms with van der Waals surface area (Å²) in [4.78, 5) is 14.0. The Kier molecular flexibility index (Phi) is 2.85. The highest BCUT2D eigenvalue weighted by Crippen LogP contribution is 2.24. The summed E-state index contributed by atoms with van der Waals surface area (Å²) in [7, 11) is 0. The molecule has 1 aromatic rings. The molecule has 1 amide bonds. The van der Waals surface area contributed by atoms with Crippen molar-refractivity contribution in [3.63, 3.8) is 0 Å². The summed E-state index contributed by atoms with van der Waals surface area (Å²) in [6.45, 7) is 1.52. The van der Waals surface area contributed by atoms with Crippen molar-refractivity contribution in [1.82, 2.24) is 4.90 Å². The smallest absolute Gasteiger partial charge is 0.254 e. The molecule has 0 aromatic heterocycles. The molecule has 0 aliphatic carbocycles. The Morgan fingerprint density at radius 1 is 1.35 bits per heavy atom. The van der Waals surface area contributed by atoms with Crippen molar-refractivity contribution < 1.29 is 9.53 Å². The molecule has 2 fully saturated rings. The van der Waals surface area contributed by atoms with Crippen LogP contribution in [0.5, 0.6) is 0 Å². The first kappa shape index (κ1) is 10.8. The predicted molar refractivity (Wildman–Crippen MR) is 64.6 cm³/mol. The average Bonchev–Trinajstić information content (AvgIpc) is 3.11. The van der Waals surface area contributed by atoms with E-state index in [0.717, 1.165) is 25.8 Å². The third-order valence-electron chi connectivity index (χ3n) is 3.58. The molecule has 2 heterocycles. The van der Waals surface area contributed by atoms with Gasteiger partial charge in [-0.1, -0.05) is 30.3 Å². The molecule has 90 valence electrons. The standard InChI is InChI=1S/C14H17NO2/c16-14(13-10-17-13)15-8-4-7-12(15)9-11-5-2-1-3-6-11/h1-3,5-6,12-13H,4,7-10H2. The number of benzene rings is 1. The van der Waals surface area contributed by atoms with E-state index in [1.54, 1.807) is 0 Å². The number of hydrogen-bond donors (Lipinski definition) is 0. The lowest BCUT2D eigenvalue weighted by molar-refractivity contribution is -0.133. The highest BCUT2D eigenvalue weighted by atomic mass is 16.6. The maximum Gasteiger partial charge on any atom is 0.254 e. The first-order valence-electron chi connectivity index (χ1n) is 6.30. The minimum absolute atomic E-state index is 0.133. The van der Waals surface area contributed by atoms with E-state index in [9.17, 15) is 4.79 Å². The van der Waals surface area contributed by atoms with Gasteiger partial charge in [0, 0.05) is 12.6 Å². The van der Waals surface area contributed by atoms with Crippen molar-refractivity contribution in [1.29, 1.82) is 0 Å². The molecule has 3 nitrogen and oxygen atoms in total. The van der Waals surface area contributed by atoms with Gasteiger partial charge in [-0.2, -0.15) is 0 Å². The third kappa shape index (κ3) is 2.34. The van der Waals surface area contributed by atoms with E-state index in [4.69, 9.17) is 4.74 Å². The van der Waals surface area contributed by atoms with Gasteiger partial charge in [-0.15, -0.1) is 0 Å². The molecule has 17 heavy (non-hydrogen) atoms. The highest BCUT2D eigenvalue weighted by Gasteiger charge is 2.39. The van der Waals surface area contributed by atoms with E-state index in [1.165, 1.54) is 5.56 Å². The van der Waals surface area contributed by atoms with Gasteiger partial charge in [0.05, 0.1) is 6.61 Å². The van der Waals surface area contributed by atoms with Crippen LogP contribution >= 0.6 is 0 Å². The van der Waals surface area contributed by atoms with E-state index in [1.807, 2.05) is 11.0 Å². The van der Waals surface area contributed by atoms with Crippen molar-refractivity contribution in [2.24, 2.45) is 0 Å². The van der Waals surface area contributed by atoms with Gasteiger partial charge in [0.2, 0.25) is 0 Å². The fourth-order valence-electron chi connectivity index (χ4n) is 2.60. The zero-order valence-corrected chi connectivity index (χ0v) is 9.84. The van der Waals surface area contributed by atoms with Gasteiger partial charge in [0.25, 0.3) is 5.91 Å². The van der Waals surface area contributed by atoms with Crippen molar-refractivity contribution in [3.05, 3.63) is 35.9 Å². The summed E-state index contributed by atoms with van der Waals surface area (Å²) in [6.07, 6.45) is 3.08. The molecule has 3 rings (SSSR count). The van der Waals surface area contributed by atoms with Crippen LogP contribution in [-0.4, -0.2) is 36.1 Å². The largest absolute Gasteiger partial charge is 0.363 e. The van der Waals surface area contributed by atoms with E-state index in [-0.39, 0.29) is 12.0 Å². The zero-order valence-electron chi connectivity index (χ0n) is 9.84. The first-order valence-corrected chi connectivity index (χ1v) is 6.30. The third-order valence-corrected chi connectivity index (χ3v) is 3.58. The molecular formula is C14H17NO2. The fraction of sp³-hybridized carbons (Fsp3) is 0.500. The van der Waals surface area contributed by atoms with Crippen LogP contribution in [0.25, 0.3) is 0 Å². The maximum atomic E-state index is 12.0. The summed E-state index contributed by atoms with van der Waals surface area (Å²) >= 11 is 0. The quantitative estimate of drug-likeness (QED) is 0.740. The minimum atomic E-state index is -0.133. The second kappa shape index (κ2) is 4.49. The molecule has 2 aliphatic rings. The Balaban J connectivity index is 1.67. The van der Waals surface area contributed by atoms with E-state index in [2.05, 4.69) is 24.3 Å². The lowest BCUT2D eigenvalue weighted by atomic mass is 10.0. The minimum Gasteiger partial charge on any atom is -0.363 e. The number of likely N-dealkylation sites (tertiary alicyclic amines) is 1. The molecular weight excluding hydrogens is 214 g/mol. The topological polar surface area (TPSA) is 32.8 Å². The van der Waals surface area contributed by atoms with Crippen LogP contribution in [-0.2, 0) is 16.0 Å².